The van der Waals surface area contributed by atoms with Gasteiger partial charge in [-0.15, -0.1) is 0 Å². The summed E-state index contributed by atoms with van der Waals surface area (Å²) in [5, 5.41) is 6.81. The zero-order chi connectivity index (χ0) is 23.1. The van der Waals surface area contributed by atoms with Crippen LogP contribution in [-0.2, 0) is 18.9 Å². The van der Waals surface area contributed by atoms with Crippen molar-refractivity contribution in [3.63, 3.8) is 0 Å². The normalized spacial score (nSPS) is 11.2. The fraction of sp³-hybridized carbons (Fsp3) is 0.792. The number of carbonyl (C=O) groups excluding carboxylic acids is 1. The van der Waals surface area contributed by atoms with E-state index in [0.29, 0.717) is 39.6 Å². The summed E-state index contributed by atoms with van der Waals surface area (Å²) in [7, 11) is 1.67. The average molecular weight is 537 g/mol. The smallest absolute Gasteiger partial charge is 0.253 e. The summed E-state index contributed by atoms with van der Waals surface area (Å²) in [6.45, 7) is 5.34. The van der Waals surface area contributed by atoms with Gasteiger partial charge in [-0.1, -0.05) is 51.4 Å². The van der Waals surface area contributed by atoms with Crippen LogP contribution in [0.5, 0.6) is 0 Å². The lowest BCUT2D eigenvalue weighted by Gasteiger charge is -2.07. The van der Waals surface area contributed by atoms with Crippen LogP contribution in [0.4, 0.5) is 0 Å². The Kier molecular flexibility index (Phi) is 20.6. The van der Waals surface area contributed by atoms with E-state index in [1.807, 2.05) is 10.8 Å². The molecular formula is C24H42BrNO5S. The van der Waals surface area contributed by atoms with E-state index in [-0.39, 0.29) is 5.91 Å². The zero-order valence-electron chi connectivity index (χ0n) is 19.7. The van der Waals surface area contributed by atoms with Crippen LogP contribution in [0.15, 0.2) is 15.2 Å². The number of ether oxygens (including phenoxy) is 4. The molecule has 0 aliphatic rings. The number of hydrogen-bond acceptors (Lipinski definition) is 6. The van der Waals surface area contributed by atoms with E-state index in [1.165, 1.54) is 62.7 Å². The van der Waals surface area contributed by atoms with Gasteiger partial charge in [0.25, 0.3) is 5.91 Å². The number of carbonyl (C=O) groups is 1. The molecule has 0 fully saturated rings. The van der Waals surface area contributed by atoms with Crippen LogP contribution < -0.4 is 5.32 Å². The van der Waals surface area contributed by atoms with E-state index in [2.05, 4.69) is 21.2 Å². The summed E-state index contributed by atoms with van der Waals surface area (Å²) >= 11 is 4.94. The van der Waals surface area contributed by atoms with Gasteiger partial charge in [-0.3, -0.25) is 4.79 Å². The van der Waals surface area contributed by atoms with Gasteiger partial charge in [0.2, 0.25) is 0 Å². The molecule has 0 aromatic carbocycles. The SMILES string of the molecule is COCCOCCOCCOCCCCCCCCCCCCNC(=O)c1cscc1Br. The summed E-state index contributed by atoms with van der Waals surface area (Å²) in [6, 6.07) is 0. The highest BCUT2D eigenvalue weighted by Crippen LogP contribution is 2.21. The predicted octanol–water partition coefficient (Wildman–Crippen LogP) is 5.84. The molecule has 0 saturated heterocycles. The number of nitrogens with one attached hydrogen (secondary N) is 1. The molecule has 1 heterocycles. The van der Waals surface area contributed by atoms with Crippen LogP contribution in [-0.4, -0.2) is 65.8 Å². The average Bonchev–Trinajstić information content (AvgIpc) is 3.23. The van der Waals surface area contributed by atoms with E-state index in [0.717, 1.165) is 36.0 Å². The maximum Gasteiger partial charge on any atom is 0.253 e. The van der Waals surface area contributed by atoms with Gasteiger partial charge in [-0.05, 0) is 28.8 Å². The fourth-order valence-electron chi connectivity index (χ4n) is 3.17. The Morgan fingerprint density at radius 2 is 1.25 bits per heavy atom. The van der Waals surface area contributed by atoms with Gasteiger partial charge in [0.05, 0.1) is 45.2 Å². The van der Waals surface area contributed by atoms with Gasteiger partial charge in [-0.2, -0.15) is 11.3 Å². The first-order chi connectivity index (χ1) is 15.8. The molecule has 0 radical (unpaired) electrons. The molecule has 0 saturated carbocycles. The van der Waals surface area contributed by atoms with E-state index < -0.39 is 0 Å². The molecule has 1 aromatic heterocycles. The van der Waals surface area contributed by atoms with E-state index in [4.69, 9.17) is 18.9 Å². The van der Waals surface area contributed by atoms with Gasteiger partial charge >= 0.3 is 0 Å². The molecule has 1 N–H and O–H groups in total. The molecule has 8 heteroatoms. The van der Waals surface area contributed by atoms with Crippen molar-refractivity contribution < 1.29 is 23.7 Å². The molecule has 0 spiro atoms. The van der Waals surface area contributed by atoms with Crippen LogP contribution in [0.25, 0.3) is 0 Å². The Morgan fingerprint density at radius 1 is 0.750 bits per heavy atom. The summed E-state index contributed by atoms with van der Waals surface area (Å²) in [5.74, 6) is 0.0244. The van der Waals surface area contributed by atoms with Gasteiger partial charge in [0, 0.05) is 35.5 Å². The van der Waals surface area contributed by atoms with Crippen molar-refractivity contribution in [2.75, 3.05) is 59.9 Å². The van der Waals surface area contributed by atoms with Crippen molar-refractivity contribution in [3.05, 3.63) is 20.8 Å². The molecular weight excluding hydrogens is 494 g/mol. The molecule has 6 nitrogen and oxygen atoms in total. The highest BCUT2D eigenvalue weighted by molar-refractivity contribution is 9.10. The largest absolute Gasteiger partial charge is 0.382 e. The van der Waals surface area contributed by atoms with Crippen molar-refractivity contribution in [2.45, 2.75) is 64.2 Å². The number of unbranched alkanes of at least 4 members (excludes halogenated alkanes) is 9. The monoisotopic (exact) mass is 535 g/mol. The Morgan fingerprint density at radius 3 is 1.78 bits per heavy atom. The van der Waals surface area contributed by atoms with Crippen LogP contribution in [0, 0.1) is 0 Å². The molecule has 0 bridgehead atoms. The first-order valence-electron chi connectivity index (χ1n) is 12.0. The number of hydrogen-bond donors (Lipinski definition) is 1. The predicted molar refractivity (Wildman–Crippen MR) is 135 cm³/mol. The second-order valence-corrected chi connectivity index (χ2v) is 9.35. The van der Waals surface area contributed by atoms with Crippen LogP contribution in [0.2, 0.25) is 0 Å². The summed E-state index contributed by atoms with van der Waals surface area (Å²) < 4.78 is 22.2. The standard InChI is InChI=1S/C24H42BrNO5S/c1-28-14-15-30-18-19-31-17-16-29-13-11-9-7-5-3-2-4-6-8-10-12-26-24(27)22-20-32-21-23(22)25/h20-21H,2-19H2,1H3,(H,26,27). The third kappa shape index (κ3) is 17.0. The third-order valence-corrected chi connectivity index (χ3v) is 6.74. The van der Waals surface area contributed by atoms with Gasteiger partial charge in [0.1, 0.15) is 0 Å². The number of rotatable bonds is 23. The van der Waals surface area contributed by atoms with Crippen LogP contribution in [0.3, 0.4) is 0 Å². The minimum absolute atomic E-state index is 0.0244. The van der Waals surface area contributed by atoms with Crippen LogP contribution in [0.1, 0.15) is 74.6 Å². The lowest BCUT2D eigenvalue weighted by Crippen LogP contribution is -2.24. The fourth-order valence-corrected chi connectivity index (χ4v) is 4.62. The van der Waals surface area contributed by atoms with Crippen molar-refractivity contribution in [1.82, 2.24) is 5.32 Å². The van der Waals surface area contributed by atoms with E-state index in [9.17, 15) is 4.79 Å². The number of amides is 1. The number of thiophene rings is 1. The number of methoxy groups -OCH3 is 1. The van der Waals surface area contributed by atoms with Gasteiger partial charge in [-0.25, -0.2) is 0 Å². The Hall–Kier alpha value is -0.510. The Balaban J connectivity index is 1.70. The summed E-state index contributed by atoms with van der Waals surface area (Å²) in [6.07, 6.45) is 12.4. The molecule has 0 atom stereocenters. The van der Waals surface area contributed by atoms with E-state index >= 15 is 0 Å². The third-order valence-electron chi connectivity index (χ3n) is 5.04. The molecule has 32 heavy (non-hydrogen) atoms. The highest BCUT2D eigenvalue weighted by atomic mass is 79.9. The molecule has 0 unspecified atom stereocenters. The molecule has 0 aliphatic heterocycles. The van der Waals surface area contributed by atoms with Crippen molar-refractivity contribution >= 4 is 33.2 Å². The quantitative estimate of drug-likeness (QED) is 0.178. The molecule has 0 aliphatic carbocycles. The first-order valence-corrected chi connectivity index (χ1v) is 13.7. The number of halogens is 1. The molecule has 1 rings (SSSR count). The molecule has 186 valence electrons. The van der Waals surface area contributed by atoms with Crippen molar-refractivity contribution in [2.24, 2.45) is 0 Å². The second kappa shape index (κ2) is 22.3. The van der Waals surface area contributed by atoms with Crippen molar-refractivity contribution in [1.29, 1.82) is 0 Å². The van der Waals surface area contributed by atoms with Crippen molar-refractivity contribution in [3.8, 4) is 0 Å². The van der Waals surface area contributed by atoms with Gasteiger partial charge in [0.15, 0.2) is 0 Å². The molecule has 1 aromatic rings. The summed E-state index contributed by atoms with van der Waals surface area (Å²) in [5.41, 5.74) is 0.742. The minimum Gasteiger partial charge on any atom is -0.382 e. The van der Waals surface area contributed by atoms with E-state index in [1.54, 1.807) is 7.11 Å². The van der Waals surface area contributed by atoms with Gasteiger partial charge < -0.3 is 24.3 Å². The van der Waals surface area contributed by atoms with Crippen LogP contribution >= 0.6 is 27.3 Å². The Labute approximate surface area is 206 Å². The molecule has 1 amide bonds. The highest BCUT2D eigenvalue weighted by Gasteiger charge is 2.09. The minimum atomic E-state index is 0.0244. The maximum absolute atomic E-state index is 12.0. The maximum atomic E-state index is 12.0. The summed E-state index contributed by atoms with van der Waals surface area (Å²) in [4.78, 5) is 12.0. The Bertz CT molecular complexity index is 558. The second-order valence-electron chi connectivity index (χ2n) is 7.75. The zero-order valence-corrected chi connectivity index (χ0v) is 22.1. The lowest BCUT2D eigenvalue weighted by molar-refractivity contribution is 0.00323. The lowest BCUT2D eigenvalue weighted by atomic mass is 10.1. The first kappa shape index (κ1) is 29.5. The topological polar surface area (TPSA) is 66.0 Å².